The first-order valence-corrected chi connectivity index (χ1v) is 7.58. The van der Waals surface area contributed by atoms with Crippen molar-refractivity contribution in [1.82, 2.24) is 0 Å². The fourth-order valence-electron chi connectivity index (χ4n) is 2.56. The summed E-state index contributed by atoms with van der Waals surface area (Å²) in [6.07, 6.45) is -0.146. The Morgan fingerprint density at radius 2 is 2.05 bits per heavy atom. The van der Waals surface area contributed by atoms with Crippen LogP contribution in [0.4, 0.5) is 5.69 Å². The lowest BCUT2D eigenvalue weighted by Crippen LogP contribution is -2.59. The van der Waals surface area contributed by atoms with Crippen LogP contribution in [0, 0.1) is 0 Å². The molecule has 1 atom stereocenters. The van der Waals surface area contributed by atoms with Crippen LogP contribution in [0.15, 0.2) is 18.2 Å². The summed E-state index contributed by atoms with van der Waals surface area (Å²) in [5.74, 6) is -0.508. The summed E-state index contributed by atoms with van der Waals surface area (Å²) in [6.45, 7) is 9.03. The van der Waals surface area contributed by atoms with Crippen molar-refractivity contribution in [3.05, 3.63) is 23.8 Å². The second kappa shape index (κ2) is 5.63. The predicted octanol–water partition coefficient (Wildman–Crippen LogP) is 3.18. The largest absolute Gasteiger partial charge is 0.480 e. The average Bonchev–Trinajstić information content (AvgIpc) is 2.45. The zero-order valence-electron chi connectivity index (χ0n) is 13.7. The van der Waals surface area contributed by atoms with Gasteiger partial charge in [-0.2, -0.15) is 0 Å². The zero-order chi connectivity index (χ0) is 16.7. The molecule has 22 heavy (non-hydrogen) atoms. The van der Waals surface area contributed by atoms with Crippen molar-refractivity contribution in [1.29, 1.82) is 0 Å². The maximum absolute atomic E-state index is 12.7. The van der Waals surface area contributed by atoms with Gasteiger partial charge in [-0.3, -0.25) is 9.69 Å². The molecule has 1 aromatic carbocycles. The van der Waals surface area contributed by atoms with E-state index in [1.54, 1.807) is 0 Å². The number of carboxylic acids is 1. The van der Waals surface area contributed by atoms with Crippen LogP contribution in [0.5, 0.6) is 5.75 Å². The van der Waals surface area contributed by atoms with Crippen molar-refractivity contribution in [2.75, 3.05) is 4.90 Å². The fraction of sp³-hybridized carbons (Fsp3) is 0.529. The SMILES string of the molecule is CCC1Oc2ccc(C(C)C)cc2N(C(C)(C)C(=O)O)C1=O. The van der Waals surface area contributed by atoms with Crippen LogP contribution in [0.2, 0.25) is 0 Å². The third-order valence-electron chi connectivity index (χ3n) is 4.11. The molecular formula is C17H23NO4. The Morgan fingerprint density at radius 3 is 2.55 bits per heavy atom. The normalized spacial score (nSPS) is 18.2. The minimum atomic E-state index is -1.33. The number of rotatable bonds is 4. The van der Waals surface area contributed by atoms with E-state index in [0.717, 1.165) is 5.56 Å². The van der Waals surface area contributed by atoms with Crippen LogP contribution in [-0.2, 0) is 9.59 Å². The Kier molecular flexibility index (Phi) is 4.18. The number of anilines is 1. The van der Waals surface area contributed by atoms with Gasteiger partial charge in [0.2, 0.25) is 0 Å². The summed E-state index contributed by atoms with van der Waals surface area (Å²) in [6, 6.07) is 5.64. The third kappa shape index (κ3) is 2.56. The van der Waals surface area contributed by atoms with Crippen LogP contribution >= 0.6 is 0 Å². The van der Waals surface area contributed by atoms with Gasteiger partial charge in [0.25, 0.3) is 5.91 Å². The van der Waals surface area contributed by atoms with E-state index < -0.39 is 17.6 Å². The molecule has 0 spiro atoms. The van der Waals surface area contributed by atoms with Gasteiger partial charge in [0.15, 0.2) is 6.10 Å². The van der Waals surface area contributed by atoms with Gasteiger partial charge in [-0.15, -0.1) is 0 Å². The Balaban J connectivity index is 2.63. The molecule has 1 heterocycles. The Hall–Kier alpha value is -2.04. The monoisotopic (exact) mass is 305 g/mol. The highest BCUT2D eigenvalue weighted by molar-refractivity contribution is 6.06. The van der Waals surface area contributed by atoms with Gasteiger partial charge in [0.05, 0.1) is 5.69 Å². The maximum atomic E-state index is 12.7. The van der Waals surface area contributed by atoms with E-state index in [4.69, 9.17) is 4.74 Å². The van der Waals surface area contributed by atoms with E-state index in [-0.39, 0.29) is 11.8 Å². The Morgan fingerprint density at radius 1 is 1.41 bits per heavy atom. The van der Waals surface area contributed by atoms with E-state index in [0.29, 0.717) is 17.9 Å². The molecule has 0 saturated heterocycles. The topological polar surface area (TPSA) is 66.8 Å². The minimum absolute atomic E-state index is 0.277. The standard InChI is InChI=1S/C17H23NO4/c1-6-13-15(19)18(17(4,5)16(20)21)12-9-11(10(2)3)7-8-14(12)22-13/h7-10,13H,6H2,1-5H3,(H,20,21). The molecular weight excluding hydrogens is 282 g/mol. The second-order valence-electron chi connectivity index (χ2n) is 6.43. The van der Waals surface area contributed by atoms with Crippen molar-refractivity contribution in [2.24, 2.45) is 0 Å². The smallest absolute Gasteiger partial charge is 0.329 e. The van der Waals surface area contributed by atoms with Gasteiger partial charge in [-0.1, -0.05) is 26.8 Å². The number of benzene rings is 1. The van der Waals surface area contributed by atoms with E-state index in [1.165, 1.54) is 18.7 Å². The molecule has 1 aromatic rings. The maximum Gasteiger partial charge on any atom is 0.329 e. The summed E-state index contributed by atoms with van der Waals surface area (Å²) in [7, 11) is 0. The molecule has 1 unspecified atom stereocenters. The zero-order valence-corrected chi connectivity index (χ0v) is 13.7. The van der Waals surface area contributed by atoms with Crippen molar-refractivity contribution in [3.8, 4) is 5.75 Å². The molecule has 0 aromatic heterocycles. The lowest BCUT2D eigenvalue weighted by Gasteiger charge is -2.41. The number of ether oxygens (including phenoxy) is 1. The summed E-state index contributed by atoms with van der Waals surface area (Å²) in [5, 5.41) is 9.54. The molecule has 0 saturated carbocycles. The van der Waals surface area contributed by atoms with Crippen molar-refractivity contribution < 1.29 is 19.4 Å². The number of amides is 1. The molecule has 5 heteroatoms. The number of carbonyl (C=O) groups excluding carboxylic acids is 1. The molecule has 0 bridgehead atoms. The highest BCUT2D eigenvalue weighted by Crippen LogP contribution is 2.40. The van der Waals surface area contributed by atoms with Crippen LogP contribution < -0.4 is 9.64 Å². The average molecular weight is 305 g/mol. The van der Waals surface area contributed by atoms with Gasteiger partial charge in [-0.05, 0) is 43.9 Å². The van der Waals surface area contributed by atoms with E-state index in [9.17, 15) is 14.7 Å². The molecule has 1 aliphatic rings. The lowest BCUT2D eigenvalue weighted by atomic mass is 9.95. The fourth-order valence-corrected chi connectivity index (χ4v) is 2.56. The number of carbonyl (C=O) groups is 2. The first-order chi connectivity index (χ1) is 10.2. The highest BCUT2D eigenvalue weighted by atomic mass is 16.5. The van der Waals surface area contributed by atoms with E-state index in [2.05, 4.69) is 13.8 Å². The molecule has 1 amide bonds. The summed E-state index contributed by atoms with van der Waals surface area (Å²) >= 11 is 0. The summed E-state index contributed by atoms with van der Waals surface area (Å²) in [4.78, 5) is 25.7. The Bertz CT molecular complexity index is 607. The van der Waals surface area contributed by atoms with Crippen LogP contribution in [0.25, 0.3) is 0 Å². The third-order valence-corrected chi connectivity index (χ3v) is 4.11. The molecule has 1 N–H and O–H groups in total. The predicted molar refractivity (Wildman–Crippen MR) is 84.4 cm³/mol. The quantitative estimate of drug-likeness (QED) is 0.927. The number of carboxylic acid groups (broad SMARTS) is 1. The summed E-state index contributed by atoms with van der Waals surface area (Å²) in [5.41, 5.74) is 0.239. The number of hydrogen-bond acceptors (Lipinski definition) is 3. The van der Waals surface area contributed by atoms with Crippen LogP contribution in [-0.4, -0.2) is 28.6 Å². The van der Waals surface area contributed by atoms with Crippen LogP contribution in [0.1, 0.15) is 52.5 Å². The van der Waals surface area contributed by atoms with Gasteiger partial charge < -0.3 is 9.84 Å². The molecule has 120 valence electrons. The van der Waals surface area contributed by atoms with Gasteiger partial charge >= 0.3 is 5.97 Å². The highest BCUT2D eigenvalue weighted by Gasteiger charge is 2.45. The van der Waals surface area contributed by atoms with E-state index in [1.807, 2.05) is 25.1 Å². The molecule has 5 nitrogen and oxygen atoms in total. The molecule has 2 rings (SSSR count). The first-order valence-electron chi connectivity index (χ1n) is 7.58. The van der Waals surface area contributed by atoms with Crippen molar-refractivity contribution >= 4 is 17.6 Å². The molecule has 0 fully saturated rings. The molecule has 0 radical (unpaired) electrons. The van der Waals surface area contributed by atoms with Gasteiger partial charge in [0, 0.05) is 0 Å². The summed E-state index contributed by atoms with van der Waals surface area (Å²) < 4.78 is 5.75. The first kappa shape index (κ1) is 16.3. The lowest BCUT2D eigenvalue weighted by molar-refractivity contribution is -0.145. The number of nitrogens with zero attached hydrogens (tertiary/aromatic N) is 1. The Labute approximate surface area is 130 Å². The molecule has 1 aliphatic heterocycles. The van der Waals surface area contributed by atoms with Gasteiger partial charge in [0.1, 0.15) is 11.3 Å². The van der Waals surface area contributed by atoms with Crippen LogP contribution in [0.3, 0.4) is 0 Å². The number of aliphatic carboxylic acids is 1. The second-order valence-corrected chi connectivity index (χ2v) is 6.43. The van der Waals surface area contributed by atoms with E-state index >= 15 is 0 Å². The minimum Gasteiger partial charge on any atom is -0.480 e. The van der Waals surface area contributed by atoms with Gasteiger partial charge in [-0.25, -0.2) is 4.79 Å². The van der Waals surface area contributed by atoms with Crippen molar-refractivity contribution in [2.45, 2.75) is 58.6 Å². The number of fused-ring (bicyclic) bond motifs is 1. The molecule has 0 aliphatic carbocycles. The van der Waals surface area contributed by atoms with Crippen molar-refractivity contribution in [3.63, 3.8) is 0 Å². The number of hydrogen-bond donors (Lipinski definition) is 1.